The first-order valence-corrected chi connectivity index (χ1v) is 10.4. The van der Waals surface area contributed by atoms with Crippen molar-refractivity contribution in [3.05, 3.63) is 29.8 Å². The van der Waals surface area contributed by atoms with E-state index in [9.17, 15) is 15.0 Å². The van der Waals surface area contributed by atoms with Crippen LogP contribution in [0.15, 0.2) is 29.3 Å². The minimum atomic E-state index is -0.509. The van der Waals surface area contributed by atoms with E-state index >= 15 is 0 Å². The summed E-state index contributed by atoms with van der Waals surface area (Å²) in [5, 5.41) is 22.3. The van der Waals surface area contributed by atoms with E-state index in [-0.39, 0.29) is 17.5 Å². The normalized spacial score (nSPS) is 19.6. The number of esters is 1. The SMILES string of the molecule is O=C(/C=C/c1ccc(O)c(O)c1)OC(=NC1CCCCC1)NC1CCCCC1. The molecule has 2 aliphatic carbocycles. The van der Waals surface area contributed by atoms with Gasteiger partial charge in [-0.1, -0.05) is 44.6 Å². The number of carbonyl (C=O) groups is 1. The van der Waals surface area contributed by atoms with Gasteiger partial charge in [-0.2, -0.15) is 0 Å². The fourth-order valence-corrected chi connectivity index (χ4v) is 3.83. The Bertz CT molecular complexity index is 717. The Labute approximate surface area is 166 Å². The Morgan fingerprint density at radius 3 is 2.36 bits per heavy atom. The molecule has 0 heterocycles. The van der Waals surface area contributed by atoms with Crippen LogP contribution in [0.25, 0.3) is 6.08 Å². The van der Waals surface area contributed by atoms with Crippen molar-refractivity contribution in [3.63, 3.8) is 0 Å². The Morgan fingerprint density at radius 1 is 1.00 bits per heavy atom. The smallest absolute Gasteiger partial charge is 0.338 e. The predicted octanol–water partition coefficient (Wildman–Crippen LogP) is 4.27. The number of nitrogens with zero attached hydrogens (tertiary/aromatic N) is 1. The lowest BCUT2D eigenvalue weighted by molar-refractivity contribution is -0.130. The summed E-state index contributed by atoms with van der Waals surface area (Å²) in [5.74, 6) is -0.933. The van der Waals surface area contributed by atoms with Gasteiger partial charge in [0.05, 0.1) is 6.04 Å². The molecule has 0 radical (unpaired) electrons. The maximum absolute atomic E-state index is 12.3. The van der Waals surface area contributed by atoms with Crippen molar-refractivity contribution in [3.8, 4) is 11.5 Å². The first-order valence-electron chi connectivity index (χ1n) is 10.4. The number of phenolic OH excluding ortho intramolecular Hbond substituents is 2. The van der Waals surface area contributed by atoms with Gasteiger partial charge >= 0.3 is 5.97 Å². The molecule has 1 aromatic carbocycles. The van der Waals surface area contributed by atoms with Crippen LogP contribution >= 0.6 is 0 Å². The van der Waals surface area contributed by atoms with Gasteiger partial charge in [-0.15, -0.1) is 0 Å². The van der Waals surface area contributed by atoms with Crippen LogP contribution in [-0.4, -0.2) is 34.3 Å². The molecule has 6 nitrogen and oxygen atoms in total. The van der Waals surface area contributed by atoms with E-state index in [2.05, 4.69) is 5.32 Å². The number of phenols is 2. The highest BCUT2D eigenvalue weighted by molar-refractivity contribution is 5.96. The molecule has 0 spiro atoms. The molecule has 152 valence electrons. The van der Waals surface area contributed by atoms with Gasteiger partial charge in [0.1, 0.15) is 0 Å². The Hall–Kier alpha value is -2.50. The third kappa shape index (κ3) is 6.29. The van der Waals surface area contributed by atoms with E-state index in [0.717, 1.165) is 25.7 Å². The molecule has 2 saturated carbocycles. The lowest BCUT2D eigenvalue weighted by Crippen LogP contribution is -2.39. The molecule has 0 aromatic heterocycles. The Balaban J connectivity index is 1.64. The third-order valence-corrected chi connectivity index (χ3v) is 5.42. The van der Waals surface area contributed by atoms with Crippen molar-refractivity contribution in [1.29, 1.82) is 0 Å². The summed E-state index contributed by atoms with van der Waals surface area (Å²) in [6.07, 6.45) is 14.3. The summed E-state index contributed by atoms with van der Waals surface area (Å²) in [6.45, 7) is 0. The third-order valence-electron chi connectivity index (χ3n) is 5.42. The molecule has 3 N–H and O–H groups in total. The molecular formula is C22H30N2O4. The highest BCUT2D eigenvalue weighted by atomic mass is 16.6. The first-order chi connectivity index (χ1) is 13.6. The summed E-state index contributed by atoms with van der Waals surface area (Å²) >= 11 is 0. The number of nitrogens with one attached hydrogen (secondary N) is 1. The maximum Gasteiger partial charge on any atom is 0.338 e. The summed E-state index contributed by atoms with van der Waals surface area (Å²) in [7, 11) is 0. The van der Waals surface area contributed by atoms with E-state index in [1.807, 2.05) is 0 Å². The Kier molecular flexibility index (Phi) is 7.34. The van der Waals surface area contributed by atoms with Crippen LogP contribution in [-0.2, 0) is 9.53 Å². The molecule has 3 rings (SSSR count). The van der Waals surface area contributed by atoms with E-state index in [4.69, 9.17) is 9.73 Å². The summed E-state index contributed by atoms with van der Waals surface area (Å²) in [6, 6.07) is 5.22. The number of rotatable bonds is 4. The van der Waals surface area contributed by atoms with Crippen LogP contribution in [0.2, 0.25) is 0 Å². The average Bonchev–Trinajstić information content (AvgIpc) is 2.70. The highest BCUT2D eigenvalue weighted by Gasteiger charge is 2.19. The molecule has 6 heteroatoms. The molecule has 0 atom stereocenters. The predicted molar refractivity (Wildman–Crippen MR) is 109 cm³/mol. The minimum Gasteiger partial charge on any atom is -0.504 e. The van der Waals surface area contributed by atoms with Crippen LogP contribution in [0, 0.1) is 0 Å². The van der Waals surface area contributed by atoms with Crippen molar-refractivity contribution >= 4 is 18.1 Å². The zero-order valence-electron chi connectivity index (χ0n) is 16.3. The summed E-state index contributed by atoms with van der Waals surface area (Å²) in [4.78, 5) is 17.0. The molecule has 0 amide bonds. The van der Waals surface area contributed by atoms with Crippen LogP contribution < -0.4 is 5.32 Å². The number of amidine groups is 1. The number of benzene rings is 1. The molecule has 0 aliphatic heterocycles. The number of hydrogen-bond donors (Lipinski definition) is 3. The molecule has 0 saturated heterocycles. The molecule has 2 fully saturated rings. The van der Waals surface area contributed by atoms with Gasteiger partial charge in [0, 0.05) is 12.1 Å². The maximum atomic E-state index is 12.3. The number of aromatic hydroxyl groups is 2. The number of aliphatic imine (C=N–C) groups is 1. The van der Waals surface area contributed by atoms with Crippen LogP contribution in [0.1, 0.15) is 69.8 Å². The van der Waals surface area contributed by atoms with Crippen LogP contribution in [0.4, 0.5) is 0 Å². The van der Waals surface area contributed by atoms with Crippen molar-refractivity contribution in [2.75, 3.05) is 0 Å². The van der Waals surface area contributed by atoms with Crippen molar-refractivity contribution in [1.82, 2.24) is 5.32 Å². The van der Waals surface area contributed by atoms with Gasteiger partial charge in [-0.3, -0.25) is 0 Å². The molecule has 28 heavy (non-hydrogen) atoms. The van der Waals surface area contributed by atoms with Gasteiger partial charge < -0.3 is 20.3 Å². The molecule has 1 aromatic rings. The zero-order valence-corrected chi connectivity index (χ0v) is 16.3. The van der Waals surface area contributed by atoms with Crippen molar-refractivity contribution < 1.29 is 19.7 Å². The second-order valence-corrected chi connectivity index (χ2v) is 7.71. The Morgan fingerprint density at radius 2 is 1.68 bits per heavy atom. The second kappa shape index (κ2) is 10.2. The van der Waals surface area contributed by atoms with Gasteiger partial charge in [0.15, 0.2) is 11.5 Å². The van der Waals surface area contributed by atoms with Gasteiger partial charge in [0.25, 0.3) is 6.02 Å². The number of hydrogen-bond acceptors (Lipinski definition) is 5. The second-order valence-electron chi connectivity index (χ2n) is 7.71. The molecule has 0 unspecified atom stereocenters. The summed E-state index contributed by atoms with van der Waals surface area (Å²) in [5.41, 5.74) is 0.596. The first kappa shape index (κ1) is 20.2. The van der Waals surface area contributed by atoms with E-state index in [0.29, 0.717) is 17.6 Å². The molecule has 2 aliphatic rings. The highest BCUT2D eigenvalue weighted by Crippen LogP contribution is 2.25. The van der Waals surface area contributed by atoms with Gasteiger partial charge in [0.2, 0.25) is 0 Å². The number of carbonyl (C=O) groups excluding carboxylic acids is 1. The van der Waals surface area contributed by atoms with Gasteiger partial charge in [-0.05, 0) is 49.5 Å². The van der Waals surface area contributed by atoms with E-state index in [1.54, 1.807) is 12.1 Å². The van der Waals surface area contributed by atoms with Crippen LogP contribution in [0.5, 0.6) is 11.5 Å². The van der Waals surface area contributed by atoms with Crippen molar-refractivity contribution in [2.45, 2.75) is 76.3 Å². The van der Waals surface area contributed by atoms with Crippen molar-refractivity contribution in [2.24, 2.45) is 4.99 Å². The summed E-state index contributed by atoms with van der Waals surface area (Å²) < 4.78 is 5.53. The fraction of sp³-hybridized carbons (Fsp3) is 0.545. The lowest BCUT2D eigenvalue weighted by Gasteiger charge is -2.25. The fourth-order valence-electron chi connectivity index (χ4n) is 3.83. The van der Waals surface area contributed by atoms with E-state index in [1.165, 1.54) is 56.7 Å². The standard InChI is InChI=1S/C22H30N2O4/c25-19-13-11-16(15-20(19)26)12-14-21(27)28-22(23-17-7-3-1-4-8-17)24-18-9-5-2-6-10-18/h11-15,17-18,25-26H,1-10H2,(H,23,24)/b14-12+. The average molecular weight is 386 g/mol. The quantitative estimate of drug-likeness (QED) is 0.236. The van der Waals surface area contributed by atoms with Crippen LogP contribution in [0.3, 0.4) is 0 Å². The monoisotopic (exact) mass is 386 g/mol. The molecule has 0 bridgehead atoms. The van der Waals surface area contributed by atoms with E-state index < -0.39 is 5.97 Å². The minimum absolute atomic E-state index is 0.196. The largest absolute Gasteiger partial charge is 0.504 e. The number of ether oxygens (including phenoxy) is 1. The zero-order chi connectivity index (χ0) is 19.8. The molecular weight excluding hydrogens is 356 g/mol. The topological polar surface area (TPSA) is 91.2 Å². The lowest BCUT2D eigenvalue weighted by atomic mass is 9.95. The van der Waals surface area contributed by atoms with Gasteiger partial charge in [-0.25, -0.2) is 9.79 Å².